The van der Waals surface area contributed by atoms with E-state index in [-0.39, 0.29) is 0 Å². The highest BCUT2D eigenvalue weighted by Crippen LogP contribution is 2.68. The van der Waals surface area contributed by atoms with Crippen LogP contribution in [0.2, 0.25) is 0 Å². The lowest BCUT2D eigenvalue weighted by atomic mass is 9.44. The molecule has 0 amide bonds. The van der Waals surface area contributed by atoms with E-state index in [0.29, 0.717) is 10.8 Å². The summed E-state index contributed by atoms with van der Waals surface area (Å²) < 4.78 is 0. The molecule has 0 spiro atoms. The SMILES string of the molecule is CS[C@H]1CC[C@@]2(C)C(CC[C@H]3[C@@H]4CC[C@H]([C@H](C)CCCC(C)C)[C@@]4(C)CC[C@@H]32)C1. The van der Waals surface area contributed by atoms with E-state index in [0.717, 1.165) is 46.7 Å². The van der Waals surface area contributed by atoms with Crippen LogP contribution in [0, 0.1) is 52.3 Å². The van der Waals surface area contributed by atoms with Crippen molar-refractivity contribution >= 4 is 11.8 Å². The largest absolute Gasteiger partial charge is 0.162 e. The molecule has 0 aromatic heterocycles. The standard InChI is InChI=1S/C28H50S/c1-19(2)8-7-9-20(3)24-12-13-25-23-11-10-21-18-22(29-6)14-16-27(21,4)26(23)15-17-28(24,25)5/h19-26H,7-18H2,1-6H3/t20-,21?,22+,23+,24-,25+,26+,27+,28-/m1/s1. The monoisotopic (exact) mass is 418 g/mol. The van der Waals surface area contributed by atoms with Crippen molar-refractivity contribution in [1.82, 2.24) is 0 Å². The van der Waals surface area contributed by atoms with E-state index in [9.17, 15) is 0 Å². The van der Waals surface area contributed by atoms with E-state index >= 15 is 0 Å². The minimum absolute atomic E-state index is 0.665. The van der Waals surface area contributed by atoms with Crippen molar-refractivity contribution in [2.45, 2.75) is 117 Å². The summed E-state index contributed by atoms with van der Waals surface area (Å²) in [4.78, 5) is 0. The van der Waals surface area contributed by atoms with Crippen molar-refractivity contribution in [3.05, 3.63) is 0 Å². The van der Waals surface area contributed by atoms with Gasteiger partial charge >= 0.3 is 0 Å². The van der Waals surface area contributed by atoms with E-state index in [2.05, 4.69) is 52.6 Å². The van der Waals surface area contributed by atoms with Crippen LogP contribution in [-0.4, -0.2) is 11.5 Å². The van der Waals surface area contributed by atoms with Gasteiger partial charge in [0.1, 0.15) is 0 Å². The topological polar surface area (TPSA) is 0 Å². The number of hydrogen-bond acceptors (Lipinski definition) is 1. The molecule has 4 fully saturated rings. The van der Waals surface area contributed by atoms with Gasteiger partial charge in [-0.25, -0.2) is 0 Å². The molecule has 4 aliphatic rings. The average molecular weight is 419 g/mol. The minimum atomic E-state index is 0.665. The van der Waals surface area contributed by atoms with Crippen molar-refractivity contribution in [2.24, 2.45) is 52.3 Å². The predicted octanol–water partition coefficient (Wildman–Crippen LogP) is 8.84. The molecule has 0 heterocycles. The Kier molecular flexibility index (Phi) is 6.77. The van der Waals surface area contributed by atoms with Gasteiger partial charge in [0.25, 0.3) is 0 Å². The molecular formula is C28H50S. The number of hydrogen-bond donors (Lipinski definition) is 0. The molecular weight excluding hydrogens is 368 g/mol. The summed E-state index contributed by atoms with van der Waals surface area (Å²) in [5, 5.41) is 0.959. The summed E-state index contributed by atoms with van der Waals surface area (Å²) in [5.74, 6) is 7.04. The average Bonchev–Trinajstić information content (AvgIpc) is 3.04. The van der Waals surface area contributed by atoms with Crippen LogP contribution in [0.15, 0.2) is 0 Å². The van der Waals surface area contributed by atoms with Crippen LogP contribution in [0.3, 0.4) is 0 Å². The van der Waals surface area contributed by atoms with Crippen molar-refractivity contribution < 1.29 is 0 Å². The number of thioether (sulfide) groups is 1. The summed E-state index contributed by atoms with van der Waals surface area (Å²) in [6.45, 7) is 12.9. The van der Waals surface area contributed by atoms with Gasteiger partial charge in [-0.2, -0.15) is 11.8 Å². The quantitative estimate of drug-likeness (QED) is 0.415. The smallest absolute Gasteiger partial charge is 0.00473 e. The first-order valence-electron chi connectivity index (χ1n) is 13.3. The van der Waals surface area contributed by atoms with E-state index in [1.807, 2.05) is 0 Å². The number of rotatable bonds is 6. The second kappa shape index (κ2) is 8.71. The molecule has 0 saturated heterocycles. The zero-order valence-corrected chi connectivity index (χ0v) is 21.3. The fourth-order valence-corrected chi connectivity index (χ4v) is 10.2. The molecule has 0 nitrogen and oxygen atoms in total. The van der Waals surface area contributed by atoms with Crippen molar-refractivity contribution in [2.75, 3.05) is 6.26 Å². The maximum atomic E-state index is 2.75. The summed E-state index contributed by atoms with van der Waals surface area (Å²) in [5.41, 5.74) is 1.34. The summed E-state index contributed by atoms with van der Waals surface area (Å²) in [6, 6.07) is 0. The highest BCUT2D eigenvalue weighted by molar-refractivity contribution is 7.99. The Hall–Kier alpha value is 0.350. The first-order valence-corrected chi connectivity index (χ1v) is 14.6. The lowest BCUT2D eigenvalue weighted by Gasteiger charge is -2.61. The Balaban J connectivity index is 1.45. The van der Waals surface area contributed by atoms with E-state index in [1.54, 1.807) is 38.5 Å². The second-order valence-corrected chi connectivity index (χ2v) is 14.0. The molecule has 29 heavy (non-hydrogen) atoms. The lowest BCUT2D eigenvalue weighted by Crippen LogP contribution is -2.54. The maximum Gasteiger partial charge on any atom is 0.00473 e. The zero-order valence-electron chi connectivity index (χ0n) is 20.5. The minimum Gasteiger partial charge on any atom is -0.162 e. The van der Waals surface area contributed by atoms with Gasteiger partial charge in [-0.15, -0.1) is 0 Å². The summed E-state index contributed by atoms with van der Waals surface area (Å²) in [6.07, 6.45) is 20.6. The van der Waals surface area contributed by atoms with Gasteiger partial charge < -0.3 is 0 Å². The Morgan fingerprint density at radius 1 is 0.828 bits per heavy atom. The number of fused-ring (bicyclic) bond motifs is 5. The molecule has 0 radical (unpaired) electrons. The van der Waals surface area contributed by atoms with Crippen LogP contribution in [0.5, 0.6) is 0 Å². The molecule has 9 atom stereocenters. The molecule has 168 valence electrons. The van der Waals surface area contributed by atoms with Gasteiger partial charge in [-0.1, -0.05) is 53.9 Å². The van der Waals surface area contributed by atoms with Crippen LogP contribution in [-0.2, 0) is 0 Å². The first kappa shape index (κ1) is 22.5. The maximum absolute atomic E-state index is 2.75. The predicted molar refractivity (Wildman–Crippen MR) is 130 cm³/mol. The summed E-state index contributed by atoms with van der Waals surface area (Å²) >= 11 is 2.16. The highest BCUT2D eigenvalue weighted by atomic mass is 32.2. The molecule has 0 N–H and O–H groups in total. The fraction of sp³-hybridized carbons (Fsp3) is 1.00. The van der Waals surface area contributed by atoms with Crippen molar-refractivity contribution in [3.63, 3.8) is 0 Å². The molecule has 4 saturated carbocycles. The molecule has 1 heteroatoms. The van der Waals surface area contributed by atoms with Crippen molar-refractivity contribution in [3.8, 4) is 0 Å². The van der Waals surface area contributed by atoms with E-state index in [1.165, 1.54) is 38.5 Å². The molecule has 0 bridgehead atoms. The van der Waals surface area contributed by atoms with Crippen LogP contribution >= 0.6 is 11.8 Å². The Morgan fingerprint density at radius 2 is 1.55 bits per heavy atom. The first-order chi connectivity index (χ1) is 13.8. The van der Waals surface area contributed by atoms with Crippen molar-refractivity contribution in [1.29, 1.82) is 0 Å². The summed E-state index contributed by atoms with van der Waals surface area (Å²) in [7, 11) is 0. The third-order valence-electron chi connectivity index (χ3n) is 11.2. The second-order valence-electron chi connectivity index (χ2n) is 12.8. The van der Waals surface area contributed by atoms with Crippen LogP contribution in [0.25, 0.3) is 0 Å². The third-order valence-corrected chi connectivity index (χ3v) is 12.2. The molecule has 0 aliphatic heterocycles. The molecule has 0 aromatic rings. The Bertz CT molecular complexity index is 555. The van der Waals surface area contributed by atoms with E-state index < -0.39 is 0 Å². The van der Waals surface area contributed by atoms with Gasteiger partial charge in [0.2, 0.25) is 0 Å². The molecule has 1 unspecified atom stereocenters. The van der Waals surface area contributed by atoms with Gasteiger partial charge in [0.05, 0.1) is 0 Å². The Labute approximate surface area is 187 Å². The highest BCUT2D eigenvalue weighted by Gasteiger charge is 2.60. The fourth-order valence-electron chi connectivity index (χ4n) is 9.46. The van der Waals surface area contributed by atoms with Crippen LogP contribution < -0.4 is 0 Å². The van der Waals surface area contributed by atoms with Gasteiger partial charge in [-0.3, -0.25) is 0 Å². The van der Waals surface area contributed by atoms with Crippen LogP contribution in [0.1, 0.15) is 112 Å². The van der Waals surface area contributed by atoms with Gasteiger partial charge in [0, 0.05) is 5.25 Å². The van der Waals surface area contributed by atoms with Crippen LogP contribution in [0.4, 0.5) is 0 Å². The normalized spacial score (nSPS) is 48.1. The molecule has 4 aliphatic carbocycles. The molecule has 4 rings (SSSR count). The van der Waals surface area contributed by atoms with Gasteiger partial charge in [-0.05, 0) is 116 Å². The lowest BCUT2D eigenvalue weighted by molar-refractivity contribution is -0.113. The molecule has 0 aromatic carbocycles. The Morgan fingerprint density at radius 3 is 2.28 bits per heavy atom. The van der Waals surface area contributed by atoms with Gasteiger partial charge in [0.15, 0.2) is 0 Å². The zero-order chi connectivity index (χ0) is 20.8. The van der Waals surface area contributed by atoms with E-state index in [4.69, 9.17) is 0 Å². The third kappa shape index (κ3) is 3.98.